The number of hydrogen-bond donors (Lipinski definition) is 1. The first-order chi connectivity index (χ1) is 11.9. The van der Waals surface area contributed by atoms with Crippen molar-refractivity contribution in [1.82, 2.24) is 20.1 Å². The van der Waals surface area contributed by atoms with Crippen molar-refractivity contribution in [3.8, 4) is 0 Å². The summed E-state index contributed by atoms with van der Waals surface area (Å²) in [6.07, 6.45) is 6.10. The van der Waals surface area contributed by atoms with Crippen LogP contribution in [0.1, 0.15) is 45.1 Å². The van der Waals surface area contributed by atoms with Crippen LogP contribution in [0.3, 0.4) is 0 Å². The summed E-state index contributed by atoms with van der Waals surface area (Å²) in [5.74, 6) is 0.616. The molecule has 4 rings (SSSR count). The smallest absolute Gasteiger partial charge is 0.410 e. The van der Waals surface area contributed by atoms with Gasteiger partial charge in [0.1, 0.15) is 5.60 Å². The van der Waals surface area contributed by atoms with Crippen LogP contribution in [0.4, 0.5) is 10.5 Å². The van der Waals surface area contributed by atoms with Crippen molar-refractivity contribution in [2.45, 2.75) is 45.1 Å². The summed E-state index contributed by atoms with van der Waals surface area (Å²) in [6, 6.07) is 0. The van der Waals surface area contributed by atoms with Gasteiger partial charge in [0, 0.05) is 32.4 Å². The predicted octanol–water partition coefficient (Wildman–Crippen LogP) is 2.89. The molecule has 1 saturated heterocycles. The topological polar surface area (TPSA) is 74.3 Å². The van der Waals surface area contributed by atoms with E-state index in [9.17, 15) is 4.79 Å². The van der Waals surface area contributed by atoms with Crippen LogP contribution in [0.2, 0.25) is 0 Å². The molecule has 3 heterocycles. The zero-order chi connectivity index (χ0) is 17.6. The summed E-state index contributed by atoms with van der Waals surface area (Å²) >= 11 is 0. The second kappa shape index (κ2) is 5.89. The maximum atomic E-state index is 12.3. The van der Waals surface area contributed by atoms with E-state index in [1.807, 2.05) is 33.2 Å². The molecule has 2 fully saturated rings. The first-order valence-electron chi connectivity index (χ1n) is 8.97. The maximum Gasteiger partial charge on any atom is 0.410 e. The number of pyridine rings is 1. The standard InChI is InChI=1S/C18H25N5O2/c1-18(2,3)25-17(24)23-8-6-22(7-9-23)15-13(12-4-5-12)10-19-16-14(15)11-20-21-16/h10-12H,4-9H2,1-3H3,(H,19,20,21). The summed E-state index contributed by atoms with van der Waals surface area (Å²) in [7, 11) is 0. The van der Waals surface area contributed by atoms with Crippen LogP contribution in [0.15, 0.2) is 12.4 Å². The molecule has 1 N–H and O–H groups in total. The van der Waals surface area contributed by atoms with Gasteiger partial charge in [-0.05, 0) is 45.1 Å². The highest BCUT2D eigenvalue weighted by Crippen LogP contribution is 2.46. The Kier molecular flexibility index (Phi) is 3.81. The monoisotopic (exact) mass is 343 g/mol. The van der Waals surface area contributed by atoms with Gasteiger partial charge >= 0.3 is 6.09 Å². The van der Waals surface area contributed by atoms with Gasteiger partial charge in [-0.15, -0.1) is 0 Å². The number of amides is 1. The molecule has 2 aromatic rings. The Hall–Kier alpha value is -2.31. The summed E-state index contributed by atoms with van der Waals surface area (Å²) in [4.78, 5) is 21.0. The summed E-state index contributed by atoms with van der Waals surface area (Å²) in [5, 5.41) is 8.21. The lowest BCUT2D eigenvalue weighted by atomic mass is 10.1. The van der Waals surface area contributed by atoms with Crippen molar-refractivity contribution in [3.05, 3.63) is 18.0 Å². The number of nitrogens with zero attached hydrogens (tertiary/aromatic N) is 4. The lowest BCUT2D eigenvalue weighted by Crippen LogP contribution is -2.50. The minimum atomic E-state index is -0.457. The first-order valence-corrected chi connectivity index (χ1v) is 8.97. The minimum absolute atomic E-state index is 0.224. The lowest BCUT2D eigenvalue weighted by molar-refractivity contribution is 0.0240. The molecule has 0 spiro atoms. The first kappa shape index (κ1) is 16.2. The number of ether oxygens (including phenoxy) is 1. The number of piperazine rings is 1. The van der Waals surface area contributed by atoms with Gasteiger partial charge in [0.05, 0.1) is 17.3 Å². The third-order valence-electron chi connectivity index (χ3n) is 4.75. The number of anilines is 1. The van der Waals surface area contributed by atoms with Crippen molar-refractivity contribution in [2.75, 3.05) is 31.1 Å². The number of carbonyl (C=O) groups is 1. The molecule has 1 aliphatic carbocycles. The Labute approximate surface area is 147 Å². The second-order valence-corrected chi connectivity index (χ2v) is 7.92. The van der Waals surface area contributed by atoms with E-state index in [1.54, 1.807) is 4.90 Å². The Balaban J connectivity index is 1.53. The summed E-state index contributed by atoms with van der Waals surface area (Å²) in [6.45, 7) is 8.62. The third kappa shape index (κ3) is 3.27. The number of aromatic nitrogens is 3. The van der Waals surface area contributed by atoms with Gasteiger partial charge in [-0.2, -0.15) is 5.10 Å². The molecular weight excluding hydrogens is 318 g/mol. The van der Waals surface area contributed by atoms with Gasteiger partial charge in [0.15, 0.2) is 5.65 Å². The van der Waals surface area contributed by atoms with Gasteiger partial charge in [-0.1, -0.05) is 0 Å². The van der Waals surface area contributed by atoms with Crippen molar-refractivity contribution >= 4 is 22.8 Å². The number of fused-ring (bicyclic) bond motifs is 1. The van der Waals surface area contributed by atoms with Crippen LogP contribution in [0, 0.1) is 0 Å². The molecule has 0 unspecified atom stereocenters. The average molecular weight is 343 g/mol. The normalized spacial score (nSPS) is 18.7. The molecule has 134 valence electrons. The molecule has 1 amide bonds. The molecule has 0 atom stereocenters. The number of rotatable bonds is 2. The number of hydrogen-bond acceptors (Lipinski definition) is 5. The Morgan fingerprint density at radius 3 is 2.56 bits per heavy atom. The van der Waals surface area contributed by atoms with Gasteiger partial charge in [-0.3, -0.25) is 5.10 Å². The molecule has 0 radical (unpaired) electrons. The van der Waals surface area contributed by atoms with Gasteiger partial charge < -0.3 is 14.5 Å². The van der Waals surface area contributed by atoms with Gasteiger partial charge in [-0.25, -0.2) is 9.78 Å². The van der Waals surface area contributed by atoms with Gasteiger partial charge in [0.25, 0.3) is 0 Å². The highest BCUT2D eigenvalue weighted by molar-refractivity contribution is 5.91. The fourth-order valence-electron chi connectivity index (χ4n) is 3.39. The molecule has 0 bridgehead atoms. The fourth-order valence-corrected chi connectivity index (χ4v) is 3.39. The lowest BCUT2D eigenvalue weighted by Gasteiger charge is -2.37. The van der Waals surface area contributed by atoms with Gasteiger partial charge in [0.2, 0.25) is 0 Å². The second-order valence-electron chi connectivity index (χ2n) is 7.92. The number of nitrogens with one attached hydrogen (secondary N) is 1. The van der Waals surface area contributed by atoms with Crippen LogP contribution >= 0.6 is 0 Å². The zero-order valence-corrected chi connectivity index (χ0v) is 15.1. The Morgan fingerprint density at radius 1 is 1.20 bits per heavy atom. The quantitative estimate of drug-likeness (QED) is 0.907. The molecule has 2 aromatic heterocycles. The molecule has 7 nitrogen and oxygen atoms in total. The molecule has 7 heteroatoms. The largest absolute Gasteiger partial charge is 0.444 e. The van der Waals surface area contributed by atoms with E-state index in [2.05, 4.69) is 20.1 Å². The van der Waals surface area contributed by atoms with E-state index in [1.165, 1.54) is 24.1 Å². The SMILES string of the molecule is CC(C)(C)OC(=O)N1CCN(c2c(C3CC3)cnc3[nH]ncc23)CC1. The van der Waals surface area contributed by atoms with Crippen molar-refractivity contribution in [1.29, 1.82) is 0 Å². The van der Waals surface area contributed by atoms with Crippen LogP contribution in [-0.2, 0) is 4.74 Å². The number of carbonyl (C=O) groups excluding carboxylic acids is 1. The van der Waals surface area contributed by atoms with E-state index >= 15 is 0 Å². The number of aromatic amines is 1. The van der Waals surface area contributed by atoms with Crippen LogP contribution < -0.4 is 4.90 Å². The minimum Gasteiger partial charge on any atom is -0.444 e. The molecule has 2 aliphatic rings. The van der Waals surface area contributed by atoms with E-state index < -0.39 is 5.60 Å². The summed E-state index contributed by atoms with van der Waals surface area (Å²) in [5.41, 5.74) is 2.93. The maximum absolute atomic E-state index is 12.3. The van der Waals surface area contributed by atoms with Crippen LogP contribution in [0.5, 0.6) is 0 Å². The van der Waals surface area contributed by atoms with Crippen molar-refractivity contribution < 1.29 is 9.53 Å². The zero-order valence-electron chi connectivity index (χ0n) is 15.1. The highest BCUT2D eigenvalue weighted by atomic mass is 16.6. The number of H-pyrrole nitrogens is 1. The molecule has 0 aromatic carbocycles. The molecule has 25 heavy (non-hydrogen) atoms. The predicted molar refractivity (Wildman–Crippen MR) is 95.9 cm³/mol. The van der Waals surface area contributed by atoms with E-state index in [0.717, 1.165) is 24.1 Å². The van der Waals surface area contributed by atoms with Crippen molar-refractivity contribution in [2.24, 2.45) is 0 Å². The fraction of sp³-hybridized carbons (Fsp3) is 0.611. The Bertz CT molecular complexity index is 782. The van der Waals surface area contributed by atoms with E-state index in [4.69, 9.17) is 4.74 Å². The third-order valence-corrected chi connectivity index (χ3v) is 4.75. The van der Waals surface area contributed by atoms with E-state index in [0.29, 0.717) is 19.0 Å². The van der Waals surface area contributed by atoms with E-state index in [-0.39, 0.29) is 6.09 Å². The highest BCUT2D eigenvalue weighted by Gasteiger charge is 2.32. The van der Waals surface area contributed by atoms with Crippen LogP contribution in [-0.4, -0.2) is 58.0 Å². The van der Waals surface area contributed by atoms with Crippen LogP contribution in [0.25, 0.3) is 11.0 Å². The molecular formula is C18H25N5O2. The summed E-state index contributed by atoms with van der Waals surface area (Å²) < 4.78 is 5.49. The molecule has 1 saturated carbocycles. The Morgan fingerprint density at radius 2 is 1.92 bits per heavy atom. The molecule has 1 aliphatic heterocycles. The van der Waals surface area contributed by atoms with Crippen molar-refractivity contribution in [3.63, 3.8) is 0 Å². The average Bonchev–Trinajstić information content (AvgIpc) is 3.29.